The Hall–Kier alpha value is -2.12. The number of halogens is 2. The predicted molar refractivity (Wildman–Crippen MR) is 78.7 cm³/mol. The van der Waals surface area contributed by atoms with Crippen molar-refractivity contribution in [3.8, 4) is 0 Å². The van der Waals surface area contributed by atoms with E-state index >= 15 is 0 Å². The first-order valence-corrected chi connectivity index (χ1v) is 6.57. The van der Waals surface area contributed by atoms with Gasteiger partial charge in [-0.2, -0.15) is 4.68 Å². The molecule has 2 rings (SSSR count). The van der Waals surface area contributed by atoms with Gasteiger partial charge in [-0.15, -0.1) is 0 Å². The molecule has 21 heavy (non-hydrogen) atoms. The molecule has 0 aliphatic heterocycles. The number of nitrogens with one attached hydrogen (secondary N) is 1. The van der Waals surface area contributed by atoms with Crippen LogP contribution in [0, 0.1) is 17.0 Å². The van der Waals surface area contributed by atoms with Gasteiger partial charge in [-0.05, 0) is 24.0 Å². The third kappa shape index (κ3) is 3.50. The SMILES string of the molecule is Cc1cc([N+](=O)[O-])nn1CC(=O)Nc1cccc(Cl)c1Cl. The zero-order valence-electron chi connectivity index (χ0n) is 10.8. The number of carbonyl (C=O) groups is 1. The van der Waals surface area contributed by atoms with E-state index < -0.39 is 10.8 Å². The van der Waals surface area contributed by atoms with Gasteiger partial charge in [0.25, 0.3) is 0 Å². The van der Waals surface area contributed by atoms with Crippen LogP contribution in [0.1, 0.15) is 5.69 Å². The molecule has 110 valence electrons. The van der Waals surface area contributed by atoms with Crippen molar-refractivity contribution < 1.29 is 9.72 Å². The van der Waals surface area contributed by atoms with Crippen LogP contribution in [0.5, 0.6) is 0 Å². The number of aryl methyl sites for hydroxylation is 1. The number of aromatic nitrogens is 2. The van der Waals surface area contributed by atoms with Gasteiger partial charge in [0.05, 0.1) is 32.6 Å². The Balaban J connectivity index is 2.12. The molecule has 7 nitrogen and oxygen atoms in total. The minimum atomic E-state index is -0.616. The van der Waals surface area contributed by atoms with Crippen LogP contribution in [-0.4, -0.2) is 20.6 Å². The van der Waals surface area contributed by atoms with Gasteiger partial charge in [0.15, 0.2) is 0 Å². The van der Waals surface area contributed by atoms with E-state index in [9.17, 15) is 14.9 Å². The number of benzene rings is 1. The fraction of sp³-hybridized carbons (Fsp3) is 0.167. The van der Waals surface area contributed by atoms with Crippen molar-refractivity contribution in [2.75, 3.05) is 5.32 Å². The van der Waals surface area contributed by atoms with Crippen LogP contribution in [0.2, 0.25) is 10.0 Å². The lowest BCUT2D eigenvalue weighted by atomic mass is 10.3. The average molecular weight is 329 g/mol. The van der Waals surface area contributed by atoms with Gasteiger partial charge in [-0.3, -0.25) is 4.79 Å². The van der Waals surface area contributed by atoms with E-state index in [0.29, 0.717) is 16.4 Å². The van der Waals surface area contributed by atoms with Crippen molar-refractivity contribution in [2.24, 2.45) is 0 Å². The summed E-state index contributed by atoms with van der Waals surface area (Å²) in [5, 5.41) is 17.5. The number of nitrogens with zero attached hydrogens (tertiary/aromatic N) is 3. The van der Waals surface area contributed by atoms with E-state index in [-0.39, 0.29) is 17.4 Å². The Morgan fingerprint density at radius 1 is 1.48 bits per heavy atom. The van der Waals surface area contributed by atoms with Crippen molar-refractivity contribution in [3.63, 3.8) is 0 Å². The second-order valence-corrected chi connectivity index (χ2v) is 4.99. The van der Waals surface area contributed by atoms with E-state index in [0.717, 1.165) is 0 Å². The first kappa shape index (κ1) is 15.3. The summed E-state index contributed by atoms with van der Waals surface area (Å²) in [4.78, 5) is 21.9. The minimum absolute atomic E-state index is 0.164. The fourth-order valence-corrected chi connectivity index (χ4v) is 2.02. The average Bonchev–Trinajstić information content (AvgIpc) is 2.77. The zero-order valence-corrected chi connectivity index (χ0v) is 12.4. The van der Waals surface area contributed by atoms with Crippen LogP contribution >= 0.6 is 23.2 Å². The number of hydrogen-bond donors (Lipinski definition) is 1. The van der Waals surface area contributed by atoms with Crippen LogP contribution in [0.15, 0.2) is 24.3 Å². The Kier molecular flexibility index (Phi) is 4.44. The zero-order chi connectivity index (χ0) is 15.6. The molecule has 2 aromatic rings. The van der Waals surface area contributed by atoms with E-state index in [1.807, 2.05) is 0 Å². The third-order valence-electron chi connectivity index (χ3n) is 2.67. The summed E-state index contributed by atoms with van der Waals surface area (Å²) in [5.41, 5.74) is 0.877. The largest absolute Gasteiger partial charge is 0.390 e. The number of nitro groups is 1. The minimum Gasteiger partial charge on any atom is -0.358 e. The topological polar surface area (TPSA) is 90.1 Å². The predicted octanol–water partition coefficient (Wildman–Crippen LogP) is 3.05. The highest BCUT2D eigenvalue weighted by molar-refractivity contribution is 6.43. The maximum absolute atomic E-state index is 11.9. The molecule has 0 aliphatic rings. The summed E-state index contributed by atoms with van der Waals surface area (Å²) >= 11 is 11.8. The van der Waals surface area contributed by atoms with Crippen LogP contribution in [0.25, 0.3) is 0 Å². The van der Waals surface area contributed by atoms with Crippen LogP contribution in [0.4, 0.5) is 11.5 Å². The molecular weight excluding hydrogens is 319 g/mol. The molecule has 0 aliphatic carbocycles. The van der Waals surface area contributed by atoms with Gasteiger partial charge in [-0.25, -0.2) is 0 Å². The number of carbonyl (C=O) groups excluding carboxylic acids is 1. The molecule has 9 heteroatoms. The summed E-state index contributed by atoms with van der Waals surface area (Å²) in [7, 11) is 0. The summed E-state index contributed by atoms with van der Waals surface area (Å²) in [6, 6.07) is 6.14. The Labute approximate surface area is 129 Å². The fourth-order valence-electron chi connectivity index (χ4n) is 1.67. The lowest BCUT2D eigenvalue weighted by Crippen LogP contribution is -2.20. The Morgan fingerprint density at radius 3 is 2.81 bits per heavy atom. The molecule has 1 aromatic carbocycles. The van der Waals surface area contributed by atoms with Crippen LogP contribution in [0.3, 0.4) is 0 Å². The second kappa shape index (κ2) is 6.11. The van der Waals surface area contributed by atoms with Gasteiger partial charge in [-0.1, -0.05) is 29.3 Å². The molecule has 1 N–H and O–H groups in total. The lowest BCUT2D eigenvalue weighted by Gasteiger charge is -2.07. The van der Waals surface area contributed by atoms with Crippen molar-refractivity contribution in [2.45, 2.75) is 13.5 Å². The molecule has 0 radical (unpaired) electrons. The molecular formula is C12H10Cl2N4O3. The Bertz CT molecular complexity index is 715. The first-order valence-electron chi connectivity index (χ1n) is 5.81. The number of amides is 1. The van der Waals surface area contributed by atoms with E-state index in [1.54, 1.807) is 25.1 Å². The summed E-state index contributed by atoms with van der Waals surface area (Å²) in [5.74, 6) is -0.721. The quantitative estimate of drug-likeness (QED) is 0.689. The van der Waals surface area contributed by atoms with E-state index in [2.05, 4.69) is 10.4 Å². The smallest absolute Gasteiger partial charge is 0.358 e. The molecule has 0 saturated carbocycles. The molecule has 0 fully saturated rings. The standard InChI is InChI=1S/C12H10Cl2N4O3/c1-7-5-10(18(20)21)16-17(7)6-11(19)15-9-4-2-3-8(13)12(9)14/h2-5H,6H2,1H3,(H,15,19). The third-order valence-corrected chi connectivity index (χ3v) is 3.49. The molecule has 1 aromatic heterocycles. The van der Waals surface area contributed by atoms with E-state index in [4.69, 9.17) is 23.2 Å². The first-order chi connectivity index (χ1) is 9.88. The highest BCUT2D eigenvalue weighted by atomic mass is 35.5. The number of rotatable bonds is 4. The van der Waals surface area contributed by atoms with Crippen LogP contribution in [-0.2, 0) is 11.3 Å². The Morgan fingerprint density at radius 2 is 2.19 bits per heavy atom. The molecule has 0 bridgehead atoms. The van der Waals surface area contributed by atoms with Gasteiger partial charge in [0.2, 0.25) is 5.91 Å². The lowest BCUT2D eigenvalue weighted by molar-refractivity contribution is -0.389. The normalized spacial score (nSPS) is 10.4. The monoisotopic (exact) mass is 328 g/mol. The van der Waals surface area contributed by atoms with Crippen LogP contribution < -0.4 is 5.32 Å². The van der Waals surface area contributed by atoms with Gasteiger partial charge >= 0.3 is 5.82 Å². The molecule has 0 spiro atoms. The summed E-state index contributed by atoms with van der Waals surface area (Å²) in [6.45, 7) is 1.46. The molecule has 1 amide bonds. The van der Waals surface area contributed by atoms with E-state index in [1.165, 1.54) is 10.7 Å². The maximum Gasteiger partial charge on any atom is 0.390 e. The maximum atomic E-state index is 11.9. The van der Waals surface area contributed by atoms with Gasteiger partial charge < -0.3 is 15.4 Å². The van der Waals surface area contributed by atoms with Crippen molar-refractivity contribution in [1.29, 1.82) is 0 Å². The molecule has 0 atom stereocenters. The molecule has 0 saturated heterocycles. The van der Waals surface area contributed by atoms with Crippen molar-refractivity contribution in [3.05, 3.63) is 50.1 Å². The van der Waals surface area contributed by atoms with Gasteiger partial charge in [0.1, 0.15) is 6.54 Å². The molecule has 0 unspecified atom stereocenters. The van der Waals surface area contributed by atoms with Crippen molar-refractivity contribution >= 4 is 40.6 Å². The van der Waals surface area contributed by atoms with Gasteiger partial charge in [0, 0.05) is 0 Å². The highest BCUT2D eigenvalue weighted by Crippen LogP contribution is 2.29. The van der Waals surface area contributed by atoms with Crippen molar-refractivity contribution in [1.82, 2.24) is 9.78 Å². The summed E-state index contributed by atoms with van der Waals surface area (Å²) in [6.07, 6.45) is 0. The highest BCUT2D eigenvalue weighted by Gasteiger charge is 2.18. The second-order valence-electron chi connectivity index (χ2n) is 4.21. The molecule has 1 heterocycles. The number of anilines is 1. The summed E-state index contributed by atoms with van der Waals surface area (Å²) < 4.78 is 1.24. The number of hydrogen-bond acceptors (Lipinski definition) is 4.